The molecule has 1 aliphatic rings. The van der Waals surface area contributed by atoms with Crippen LogP contribution < -0.4 is 15.5 Å². The number of aromatic nitrogens is 2. The fraction of sp³-hybridized carbons (Fsp3) is 0.455. The van der Waals surface area contributed by atoms with Gasteiger partial charge in [0.05, 0.1) is 0 Å². The van der Waals surface area contributed by atoms with E-state index in [9.17, 15) is 4.79 Å². The molecule has 1 aromatic heterocycles. The Morgan fingerprint density at radius 3 is 2.45 bits per heavy atom. The molecule has 0 saturated carbocycles. The van der Waals surface area contributed by atoms with E-state index in [1.807, 2.05) is 4.90 Å². The molecule has 168 valence electrons. The van der Waals surface area contributed by atoms with Crippen molar-refractivity contribution in [1.29, 1.82) is 0 Å². The van der Waals surface area contributed by atoms with Crippen LogP contribution in [0.4, 0.5) is 5.95 Å². The highest BCUT2D eigenvalue weighted by atomic mass is 127. The Morgan fingerprint density at radius 2 is 1.81 bits per heavy atom. The second-order valence-corrected chi connectivity index (χ2v) is 7.45. The zero-order valence-electron chi connectivity index (χ0n) is 18.5. The van der Waals surface area contributed by atoms with Crippen LogP contribution in [-0.2, 0) is 11.3 Å². The number of piperazine rings is 1. The summed E-state index contributed by atoms with van der Waals surface area (Å²) in [6.45, 7) is 8.34. The highest BCUT2D eigenvalue weighted by Crippen LogP contribution is 2.11. The Balaban J connectivity index is 0.00000341. The molecule has 0 bridgehead atoms. The molecule has 31 heavy (non-hydrogen) atoms. The number of nitrogens with one attached hydrogen (secondary N) is 2. The summed E-state index contributed by atoms with van der Waals surface area (Å²) in [5.41, 5.74) is 3.75. The summed E-state index contributed by atoms with van der Waals surface area (Å²) in [6, 6.07) is 8.23. The van der Waals surface area contributed by atoms with Crippen LogP contribution in [0.15, 0.2) is 41.7 Å². The molecule has 0 spiro atoms. The number of amides is 1. The van der Waals surface area contributed by atoms with Crippen LogP contribution in [-0.4, -0.2) is 66.5 Å². The Hall–Kier alpha value is -2.43. The van der Waals surface area contributed by atoms with Crippen LogP contribution >= 0.6 is 24.0 Å². The third-order valence-corrected chi connectivity index (χ3v) is 5.27. The SMILES string of the molecule is CN=C(NCCC(=O)N1CCN(c2ncccn2)CC1)NCc1ccc(C)cc1C.I. The van der Waals surface area contributed by atoms with Gasteiger partial charge >= 0.3 is 0 Å². The molecule has 0 unspecified atom stereocenters. The van der Waals surface area contributed by atoms with Crippen molar-refractivity contribution in [3.05, 3.63) is 53.3 Å². The maximum absolute atomic E-state index is 12.5. The number of anilines is 1. The van der Waals surface area contributed by atoms with Crippen molar-refractivity contribution < 1.29 is 4.79 Å². The van der Waals surface area contributed by atoms with Gasteiger partial charge in [0, 0.05) is 65.1 Å². The lowest BCUT2D eigenvalue weighted by Gasteiger charge is -2.34. The first kappa shape index (κ1) is 24.8. The number of carbonyl (C=O) groups is 1. The monoisotopic (exact) mass is 537 g/mol. The van der Waals surface area contributed by atoms with Gasteiger partial charge in [-0.1, -0.05) is 23.8 Å². The second kappa shape index (κ2) is 12.4. The lowest BCUT2D eigenvalue weighted by Crippen LogP contribution is -2.50. The van der Waals surface area contributed by atoms with Crippen molar-refractivity contribution in [3.63, 3.8) is 0 Å². The summed E-state index contributed by atoms with van der Waals surface area (Å²) in [6.07, 6.45) is 3.92. The van der Waals surface area contributed by atoms with E-state index in [0.29, 0.717) is 38.6 Å². The number of rotatable bonds is 6. The minimum Gasteiger partial charge on any atom is -0.356 e. The quantitative estimate of drug-likeness (QED) is 0.334. The minimum absolute atomic E-state index is 0. The molecule has 2 heterocycles. The van der Waals surface area contributed by atoms with Crippen LogP contribution in [0.5, 0.6) is 0 Å². The Morgan fingerprint density at radius 1 is 1.10 bits per heavy atom. The molecule has 0 radical (unpaired) electrons. The summed E-state index contributed by atoms with van der Waals surface area (Å²) >= 11 is 0. The molecule has 2 aromatic rings. The number of halogens is 1. The van der Waals surface area contributed by atoms with Gasteiger partial charge in [-0.2, -0.15) is 0 Å². The highest BCUT2D eigenvalue weighted by molar-refractivity contribution is 14.0. The first-order chi connectivity index (χ1) is 14.6. The lowest BCUT2D eigenvalue weighted by atomic mass is 10.1. The average molecular weight is 537 g/mol. The van der Waals surface area contributed by atoms with Crippen molar-refractivity contribution in [1.82, 2.24) is 25.5 Å². The fourth-order valence-corrected chi connectivity index (χ4v) is 3.50. The van der Waals surface area contributed by atoms with Crippen molar-refractivity contribution >= 4 is 41.8 Å². The molecular formula is C22H32IN7O. The van der Waals surface area contributed by atoms with Gasteiger partial charge in [0.1, 0.15) is 0 Å². The summed E-state index contributed by atoms with van der Waals surface area (Å²) in [7, 11) is 1.74. The molecule has 1 fully saturated rings. The summed E-state index contributed by atoms with van der Waals surface area (Å²) in [5, 5.41) is 6.55. The highest BCUT2D eigenvalue weighted by Gasteiger charge is 2.22. The van der Waals surface area contributed by atoms with E-state index in [4.69, 9.17) is 0 Å². The minimum atomic E-state index is 0. The van der Waals surface area contributed by atoms with Crippen molar-refractivity contribution in [3.8, 4) is 0 Å². The zero-order valence-corrected chi connectivity index (χ0v) is 20.8. The molecule has 1 aliphatic heterocycles. The number of carbonyl (C=O) groups excluding carboxylic acids is 1. The van der Waals surface area contributed by atoms with E-state index >= 15 is 0 Å². The normalized spacial score (nSPS) is 14.1. The predicted octanol–water partition coefficient (Wildman–Crippen LogP) is 2.12. The van der Waals surface area contributed by atoms with Crippen LogP contribution in [0.3, 0.4) is 0 Å². The Kier molecular flexibility index (Phi) is 9.96. The van der Waals surface area contributed by atoms with Gasteiger partial charge < -0.3 is 20.4 Å². The van der Waals surface area contributed by atoms with Gasteiger partial charge in [0.2, 0.25) is 11.9 Å². The van der Waals surface area contributed by atoms with Crippen molar-refractivity contribution in [2.24, 2.45) is 4.99 Å². The summed E-state index contributed by atoms with van der Waals surface area (Å²) in [4.78, 5) is 29.4. The van der Waals surface area contributed by atoms with Gasteiger partial charge in [0.15, 0.2) is 5.96 Å². The summed E-state index contributed by atoms with van der Waals surface area (Å²) < 4.78 is 0. The molecule has 8 nitrogen and oxygen atoms in total. The van der Waals surface area contributed by atoms with Crippen LogP contribution in [0.25, 0.3) is 0 Å². The molecule has 9 heteroatoms. The molecule has 1 aromatic carbocycles. The number of aliphatic imine (C=N–C) groups is 1. The third-order valence-electron chi connectivity index (χ3n) is 5.27. The molecule has 3 rings (SSSR count). The Labute approximate surface area is 201 Å². The number of aryl methyl sites for hydroxylation is 2. The largest absolute Gasteiger partial charge is 0.356 e. The van der Waals surface area contributed by atoms with E-state index in [-0.39, 0.29) is 29.9 Å². The van der Waals surface area contributed by atoms with Gasteiger partial charge in [-0.3, -0.25) is 9.79 Å². The molecule has 0 aliphatic carbocycles. The topological polar surface area (TPSA) is 85.8 Å². The van der Waals surface area contributed by atoms with E-state index in [1.54, 1.807) is 25.5 Å². The van der Waals surface area contributed by atoms with Gasteiger partial charge in [-0.15, -0.1) is 24.0 Å². The smallest absolute Gasteiger partial charge is 0.225 e. The first-order valence-electron chi connectivity index (χ1n) is 10.4. The van der Waals surface area contributed by atoms with E-state index in [0.717, 1.165) is 19.0 Å². The van der Waals surface area contributed by atoms with E-state index in [1.165, 1.54) is 16.7 Å². The maximum atomic E-state index is 12.5. The number of guanidine groups is 1. The van der Waals surface area contributed by atoms with E-state index < -0.39 is 0 Å². The first-order valence-corrected chi connectivity index (χ1v) is 10.4. The molecule has 0 atom stereocenters. The molecule has 2 N–H and O–H groups in total. The van der Waals surface area contributed by atoms with Gasteiger partial charge in [0.25, 0.3) is 0 Å². The lowest BCUT2D eigenvalue weighted by molar-refractivity contribution is -0.131. The number of benzene rings is 1. The summed E-state index contributed by atoms with van der Waals surface area (Å²) in [5.74, 6) is 1.58. The molecule has 1 saturated heterocycles. The van der Waals surface area contributed by atoms with Gasteiger partial charge in [-0.25, -0.2) is 9.97 Å². The third kappa shape index (κ3) is 7.34. The van der Waals surface area contributed by atoms with Gasteiger partial charge in [-0.05, 0) is 31.0 Å². The van der Waals surface area contributed by atoms with Crippen molar-refractivity contribution in [2.75, 3.05) is 44.7 Å². The average Bonchev–Trinajstić information content (AvgIpc) is 2.77. The predicted molar refractivity (Wildman–Crippen MR) is 135 cm³/mol. The fourth-order valence-electron chi connectivity index (χ4n) is 3.50. The number of nitrogens with zero attached hydrogens (tertiary/aromatic N) is 5. The molecular weight excluding hydrogens is 505 g/mol. The van der Waals surface area contributed by atoms with Crippen LogP contribution in [0, 0.1) is 13.8 Å². The van der Waals surface area contributed by atoms with E-state index in [2.05, 4.69) is 62.5 Å². The number of hydrogen-bond acceptors (Lipinski definition) is 5. The standard InChI is InChI=1S/C22H31N7O.HI/c1-17-5-6-19(18(2)15-17)16-27-21(23-3)24-10-7-20(30)28-11-13-29(14-12-28)22-25-8-4-9-26-22;/h4-6,8-9,15H,7,10-14,16H2,1-3H3,(H2,23,24,27);1H. The van der Waals surface area contributed by atoms with Crippen molar-refractivity contribution in [2.45, 2.75) is 26.8 Å². The Bertz CT molecular complexity index is 867. The zero-order chi connectivity index (χ0) is 21.3. The molecule has 1 amide bonds. The van der Waals surface area contributed by atoms with Crippen LogP contribution in [0.2, 0.25) is 0 Å². The maximum Gasteiger partial charge on any atom is 0.225 e. The second-order valence-electron chi connectivity index (χ2n) is 7.45. The number of hydrogen-bond donors (Lipinski definition) is 2. The van der Waals surface area contributed by atoms with Crippen LogP contribution in [0.1, 0.15) is 23.1 Å².